The summed E-state index contributed by atoms with van der Waals surface area (Å²) in [6, 6.07) is -2.86. The van der Waals surface area contributed by atoms with Crippen LogP contribution in [-0.2, 0) is 19.2 Å². The third-order valence-electron chi connectivity index (χ3n) is 3.37. The van der Waals surface area contributed by atoms with Crippen molar-refractivity contribution in [2.75, 3.05) is 0 Å². The Morgan fingerprint density at radius 1 is 1.00 bits per heavy atom. The molecule has 0 fully saturated rings. The van der Waals surface area contributed by atoms with Gasteiger partial charge >= 0.3 is 5.97 Å². The molecule has 0 spiro atoms. The van der Waals surface area contributed by atoms with E-state index in [0.717, 1.165) is 6.42 Å². The largest absolute Gasteiger partial charge is 0.475 e. The van der Waals surface area contributed by atoms with E-state index in [1.165, 1.54) is 0 Å². The van der Waals surface area contributed by atoms with Crippen LogP contribution in [0.4, 0.5) is 8.78 Å². The fraction of sp³-hybridized carbons (Fsp3) is 0.750. The van der Waals surface area contributed by atoms with Crippen molar-refractivity contribution in [2.45, 2.75) is 71.4 Å². The fourth-order valence-electron chi connectivity index (χ4n) is 2.14. The summed E-state index contributed by atoms with van der Waals surface area (Å²) in [6.45, 7) is 5.51. The number of carbonyl (C=O) groups excluding carboxylic acids is 3. The predicted molar refractivity (Wildman–Crippen MR) is 86.1 cm³/mol. The molecule has 9 heteroatoms. The van der Waals surface area contributed by atoms with Gasteiger partial charge in [0.25, 0.3) is 5.78 Å². The zero-order valence-corrected chi connectivity index (χ0v) is 14.7. The predicted octanol–water partition coefficient (Wildman–Crippen LogP) is 1.50. The van der Waals surface area contributed by atoms with Crippen LogP contribution in [0, 0.1) is 5.92 Å². The van der Waals surface area contributed by atoms with Crippen LogP contribution in [-0.4, -0.2) is 47.2 Å². The van der Waals surface area contributed by atoms with Crippen molar-refractivity contribution >= 4 is 23.6 Å². The first-order valence-electron chi connectivity index (χ1n) is 8.23. The van der Waals surface area contributed by atoms with Crippen molar-refractivity contribution in [1.29, 1.82) is 0 Å². The van der Waals surface area contributed by atoms with E-state index < -0.39 is 42.6 Å². The molecule has 25 heavy (non-hydrogen) atoms. The van der Waals surface area contributed by atoms with E-state index in [1.54, 1.807) is 13.8 Å². The summed E-state index contributed by atoms with van der Waals surface area (Å²) in [5, 5.41) is 13.2. The molecule has 0 aliphatic heterocycles. The second kappa shape index (κ2) is 11.5. The number of carboxylic acid groups (broad SMARTS) is 1. The molecular formula is C16H26F2N2O5. The highest BCUT2D eigenvalue weighted by Gasteiger charge is 2.32. The number of rotatable bonds is 12. The van der Waals surface area contributed by atoms with Crippen LogP contribution in [0.2, 0.25) is 0 Å². The second-order valence-electron chi connectivity index (χ2n) is 6.21. The number of halogens is 2. The van der Waals surface area contributed by atoms with E-state index >= 15 is 0 Å². The molecule has 0 aliphatic rings. The molecule has 144 valence electrons. The van der Waals surface area contributed by atoms with Crippen molar-refractivity contribution in [2.24, 2.45) is 5.92 Å². The Bertz CT molecular complexity index is 483. The number of aliphatic carboxylic acids is 1. The molecule has 0 radical (unpaired) electrons. The van der Waals surface area contributed by atoms with Gasteiger partial charge in [-0.05, 0) is 18.8 Å². The molecule has 3 N–H and O–H groups in total. The fourth-order valence-corrected chi connectivity index (χ4v) is 2.14. The number of ketones is 1. The maximum Gasteiger partial charge on any atom is 0.374 e. The molecule has 0 unspecified atom stereocenters. The van der Waals surface area contributed by atoms with Gasteiger partial charge in [-0.1, -0.05) is 27.2 Å². The van der Waals surface area contributed by atoms with Gasteiger partial charge in [0, 0.05) is 12.8 Å². The van der Waals surface area contributed by atoms with Crippen LogP contribution in [0.25, 0.3) is 0 Å². The lowest BCUT2D eigenvalue weighted by Crippen LogP contribution is -2.53. The summed E-state index contributed by atoms with van der Waals surface area (Å²) in [5.41, 5.74) is 0. The number of Topliss-reactive ketones (excluding diaryl/α,β-unsaturated/α-hetero) is 1. The Morgan fingerprint density at radius 3 is 2.04 bits per heavy atom. The Morgan fingerprint density at radius 2 is 1.60 bits per heavy atom. The second-order valence-corrected chi connectivity index (χ2v) is 6.21. The third-order valence-corrected chi connectivity index (χ3v) is 3.37. The first-order chi connectivity index (χ1) is 11.6. The number of hydrogen-bond acceptors (Lipinski definition) is 4. The summed E-state index contributed by atoms with van der Waals surface area (Å²) in [7, 11) is 0. The van der Waals surface area contributed by atoms with Crippen molar-refractivity contribution in [3.8, 4) is 0 Å². The number of carboxylic acids is 1. The number of carbonyl (C=O) groups is 4. The first-order valence-corrected chi connectivity index (χ1v) is 8.23. The molecule has 0 aromatic heterocycles. The molecule has 0 aromatic rings. The monoisotopic (exact) mass is 364 g/mol. The van der Waals surface area contributed by atoms with Gasteiger partial charge in [0.05, 0.1) is 0 Å². The zero-order valence-electron chi connectivity index (χ0n) is 14.7. The molecule has 0 aromatic carbocycles. The van der Waals surface area contributed by atoms with Crippen molar-refractivity contribution in [3.05, 3.63) is 0 Å². The summed E-state index contributed by atoms with van der Waals surface area (Å²) in [5.74, 6) is -4.63. The summed E-state index contributed by atoms with van der Waals surface area (Å²) in [4.78, 5) is 46.3. The van der Waals surface area contributed by atoms with Crippen molar-refractivity contribution < 1.29 is 33.1 Å². The first kappa shape index (κ1) is 22.9. The molecule has 0 bridgehead atoms. The lowest BCUT2D eigenvalue weighted by molar-refractivity contribution is -0.151. The quantitative estimate of drug-likeness (QED) is 0.454. The normalized spacial score (nSPS) is 13.4. The van der Waals surface area contributed by atoms with E-state index in [9.17, 15) is 28.0 Å². The number of alkyl halides is 2. The molecule has 2 amide bonds. The average Bonchev–Trinajstić information content (AvgIpc) is 2.49. The SMILES string of the molecule is CCCCC(=O)N[C@H](CC(C)C)C(=O)N[C@H](CC(F)F)C(=O)C(=O)O. The minimum atomic E-state index is -2.96. The summed E-state index contributed by atoms with van der Waals surface area (Å²) < 4.78 is 25.1. The van der Waals surface area contributed by atoms with Gasteiger partial charge in [0.2, 0.25) is 18.2 Å². The third kappa shape index (κ3) is 9.73. The molecule has 0 heterocycles. The van der Waals surface area contributed by atoms with Gasteiger partial charge in [-0.2, -0.15) is 0 Å². The van der Waals surface area contributed by atoms with Gasteiger partial charge in [-0.15, -0.1) is 0 Å². The lowest BCUT2D eigenvalue weighted by atomic mass is 10.0. The number of hydrogen-bond donors (Lipinski definition) is 3. The molecule has 0 rings (SSSR count). The maximum absolute atomic E-state index is 12.6. The van der Waals surface area contributed by atoms with E-state index in [4.69, 9.17) is 5.11 Å². The number of unbranched alkanes of at least 4 members (excludes halogenated alkanes) is 1. The minimum Gasteiger partial charge on any atom is -0.475 e. The van der Waals surface area contributed by atoms with Gasteiger partial charge in [-0.3, -0.25) is 14.4 Å². The van der Waals surface area contributed by atoms with Gasteiger partial charge in [0.1, 0.15) is 12.1 Å². The highest BCUT2D eigenvalue weighted by Crippen LogP contribution is 2.09. The van der Waals surface area contributed by atoms with Gasteiger partial charge < -0.3 is 15.7 Å². The Balaban J connectivity index is 5.08. The molecular weight excluding hydrogens is 338 g/mol. The average molecular weight is 364 g/mol. The van der Waals surface area contributed by atoms with E-state index in [1.807, 2.05) is 12.2 Å². The zero-order chi connectivity index (χ0) is 19.6. The van der Waals surface area contributed by atoms with Crippen LogP contribution >= 0.6 is 0 Å². The molecule has 0 saturated carbocycles. The summed E-state index contributed by atoms with van der Waals surface area (Å²) in [6.07, 6.45) is -2.20. The smallest absolute Gasteiger partial charge is 0.374 e. The van der Waals surface area contributed by atoms with Crippen LogP contribution in [0.3, 0.4) is 0 Å². The van der Waals surface area contributed by atoms with Crippen LogP contribution in [0.5, 0.6) is 0 Å². The van der Waals surface area contributed by atoms with Gasteiger partial charge in [-0.25, -0.2) is 13.6 Å². The molecule has 0 aliphatic carbocycles. The molecule has 2 atom stereocenters. The van der Waals surface area contributed by atoms with Crippen molar-refractivity contribution in [3.63, 3.8) is 0 Å². The highest BCUT2D eigenvalue weighted by molar-refractivity contribution is 6.35. The molecule has 7 nitrogen and oxygen atoms in total. The van der Waals surface area contributed by atoms with E-state index in [0.29, 0.717) is 6.42 Å². The number of amides is 2. The van der Waals surface area contributed by atoms with Crippen molar-refractivity contribution in [1.82, 2.24) is 10.6 Å². The molecule has 0 saturated heterocycles. The minimum absolute atomic E-state index is 0.00551. The lowest BCUT2D eigenvalue weighted by Gasteiger charge is -2.23. The highest BCUT2D eigenvalue weighted by atomic mass is 19.3. The Kier molecular flexibility index (Phi) is 10.5. The van der Waals surface area contributed by atoms with Gasteiger partial charge in [0.15, 0.2) is 0 Å². The van der Waals surface area contributed by atoms with E-state index in [-0.39, 0.29) is 24.7 Å². The Labute approximate surface area is 145 Å². The van der Waals surface area contributed by atoms with Crippen LogP contribution in [0.15, 0.2) is 0 Å². The maximum atomic E-state index is 12.6. The standard InChI is InChI=1S/C16H26F2N2O5/c1-4-5-6-13(21)19-11(7-9(2)3)15(23)20-10(8-12(17)18)14(22)16(24)25/h9-12H,4-8H2,1-3H3,(H,19,21)(H,20,23)(H,24,25)/t10-,11-/m1/s1. The topological polar surface area (TPSA) is 113 Å². The summed E-state index contributed by atoms with van der Waals surface area (Å²) >= 11 is 0. The van der Waals surface area contributed by atoms with E-state index in [2.05, 4.69) is 5.32 Å². The Hall–Kier alpha value is -2.06. The van der Waals surface area contributed by atoms with Crippen LogP contribution < -0.4 is 10.6 Å². The van der Waals surface area contributed by atoms with Crippen LogP contribution in [0.1, 0.15) is 52.9 Å². The number of nitrogens with one attached hydrogen (secondary N) is 2.